The zero-order valence-corrected chi connectivity index (χ0v) is 17.4. The molecule has 0 N–H and O–H groups in total. The normalized spacial score (nSPS) is 19.2. The third-order valence-corrected chi connectivity index (χ3v) is 6.08. The Labute approximate surface area is 183 Å². The fraction of sp³-hybridized carbons (Fsp3) is 0.261. The lowest BCUT2D eigenvalue weighted by Crippen LogP contribution is -2.35. The molecule has 1 saturated heterocycles. The largest absolute Gasteiger partial charge is 0.442 e. The molecule has 0 aliphatic carbocycles. The van der Waals surface area contributed by atoms with E-state index in [2.05, 4.69) is 26.5 Å². The third-order valence-electron chi connectivity index (χ3n) is 6.08. The summed E-state index contributed by atoms with van der Waals surface area (Å²) in [6.07, 6.45) is 6.19. The highest BCUT2D eigenvalue weighted by Gasteiger charge is 2.47. The molecule has 4 aromatic rings. The second kappa shape index (κ2) is 7.30. The zero-order chi connectivity index (χ0) is 21.7. The average molecular weight is 428 g/mol. The maximum Gasteiger partial charge on any atom is 0.415 e. The molecular formula is C23H20N6O3. The number of fused-ring (bicyclic) bond motifs is 3. The van der Waals surface area contributed by atoms with Crippen molar-refractivity contribution in [3.8, 4) is 22.5 Å². The van der Waals surface area contributed by atoms with E-state index in [1.54, 1.807) is 22.0 Å². The highest BCUT2D eigenvalue weighted by Crippen LogP contribution is 2.41. The molecule has 0 spiro atoms. The van der Waals surface area contributed by atoms with Crippen molar-refractivity contribution in [2.75, 3.05) is 4.90 Å². The van der Waals surface area contributed by atoms with E-state index in [4.69, 9.17) is 9.26 Å². The fourth-order valence-electron chi connectivity index (χ4n) is 4.44. The third kappa shape index (κ3) is 3.05. The topological polar surface area (TPSA) is 99.2 Å². The molecule has 2 aliphatic heterocycles. The molecule has 6 rings (SSSR count). The molecule has 9 nitrogen and oxygen atoms in total. The van der Waals surface area contributed by atoms with Gasteiger partial charge in [0.2, 0.25) is 0 Å². The minimum absolute atomic E-state index is 0.0441. The Morgan fingerprint density at radius 1 is 1.12 bits per heavy atom. The van der Waals surface area contributed by atoms with Gasteiger partial charge in [-0.05, 0) is 35.7 Å². The minimum atomic E-state index is -0.309. The minimum Gasteiger partial charge on any atom is -0.442 e. The monoisotopic (exact) mass is 428 g/mol. The van der Waals surface area contributed by atoms with Crippen molar-refractivity contribution >= 4 is 11.8 Å². The summed E-state index contributed by atoms with van der Waals surface area (Å²) < 4.78 is 12.6. The number of carbonyl (C=O) groups is 1. The predicted octanol–water partition coefficient (Wildman–Crippen LogP) is 3.51. The van der Waals surface area contributed by atoms with Crippen LogP contribution in [0.4, 0.5) is 10.5 Å². The smallest absolute Gasteiger partial charge is 0.415 e. The summed E-state index contributed by atoms with van der Waals surface area (Å²) in [5.41, 5.74) is 5.60. The Bertz CT molecular complexity index is 1280. The number of nitrogens with zero attached hydrogens (tertiary/aromatic N) is 6. The molecule has 3 aromatic heterocycles. The summed E-state index contributed by atoms with van der Waals surface area (Å²) in [5, 5.41) is 11.9. The van der Waals surface area contributed by atoms with Gasteiger partial charge < -0.3 is 9.26 Å². The van der Waals surface area contributed by atoms with Crippen molar-refractivity contribution in [2.45, 2.75) is 38.5 Å². The van der Waals surface area contributed by atoms with Crippen LogP contribution in [-0.2, 0) is 24.1 Å². The number of amides is 1. The summed E-state index contributed by atoms with van der Waals surface area (Å²) in [6.45, 7) is 2.51. The highest BCUT2D eigenvalue weighted by molar-refractivity contribution is 5.94. The zero-order valence-electron chi connectivity index (χ0n) is 17.4. The van der Waals surface area contributed by atoms with Gasteiger partial charge >= 0.3 is 6.09 Å². The van der Waals surface area contributed by atoms with Gasteiger partial charge in [-0.3, -0.25) is 9.88 Å². The van der Waals surface area contributed by atoms with Crippen LogP contribution >= 0.6 is 0 Å². The number of cyclic esters (lactones) is 1. The van der Waals surface area contributed by atoms with Crippen LogP contribution in [0.25, 0.3) is 22.5 Å². The van der Waals surface area contributed by atoms with Crippen LogP contribution in [0.15, 0.2) is 59.5 Å². The molecule has 32 heavy (non-hydrogen) atoms. The van der Waals surface area contributed by atoms with Crippen molar-refractivity contribution in [1.82, 2.24) is 25.1 Å². The van der Waals surface area contributed by atoms with Gasteiger partial charge in [0.05, 0.1) is 30.2 Å². The Balaban J connectivity index is 1.25. The van der Waals surface area contributed by atoms with Gasteiger partial charge in [0.1, 0.15) is 17.6 Å². The lowest BCUT2D eigenvalue weighted by Gasteiger charge is -2.16. The van der Waals surface area contributed by atoms with Crippen LogP contribution in [0.2, 0.25) is 0 Å². The molecule has 0 saturated carbocycles. The van der Waals surface area contributed by atoms with Gasteiger partial charge in [-0.1, -0.05) is 29.4 Å². The second-order valence-corrected chi connectivity index (χ2v) is 8.00. The summed E-state index contributed by atoms with van der Waals surface area (Å²) in [7, 11) is 0. The van der Waals surface area contributed by atoms with Crippen LogP contribution in [0.1, 0.15) is 18.2 Å². The number of hydrogen-bond acceptors (Lipinski definition) is 7. The molecular weight excluding hydrogens is 408 g/mol. The summed E-state index contributed by atoms with van der Waals surface area (Å²) in [6, 6.07) is 12.0. The van der Waals surface area contributed by atoms with Gasteiger partial charge in [0.25, 0.3) is 0 Å². The number of carbonyl (C=O) groups excluding carboxylic acids is 1. The molecule has 9 heteroatoms. The lowest BCUT2D eigenvalue weighted by molar-refractivity contribution is 0.117. The number of ether oxygens (including phenoxy) is 1. The second-order valence-electron chi connectivity index (χ2n) is 8.00. The van der Waals surface area contributed by atoms with Gasteiger partial charge in [-0.15, -0.1) is 5.10 Å². The van der Waals surface area contributed by atoms with E-state index in [1.807, 2.05) is 43.5 Å². The Morgan fingerprint density at radius 2 is 2.03 bits per heavy atom. The molecule has 160 valence electrons. The first-order chi connectivity index (χ1) is 15.7. The van der Waals surface area contributed by atoms with Crippen LogP contribution in [0.3, 0.4) is 0 Å². The van der Waals surface area contributed by atoms with E-state index < -0.39 is 0 Å². The number of pyridine rings is 1. The molecule has 0 unspecified atom stereocenters. The summed E-state index contributed by atoms with van der Waals surface area (Å²) in [5.74, 6) is 0.839. The van der Waals surface area contributed by atoms with E-state index >= 15 is 0 Å². The number of hydrogen-bond donors (Lipinski definition) is 0. The molecule has 2 atom stereocenters. The quantitative estimate of drug-likeness (QED) is 0.480. The van der Waals surface area contributed by atoms with Crippen molar-refractivity contribution in [3.63, 3.8) is 0 Å². The predicted molar refractivity (Wildman–Crippen MR) is 115 cm³/mol. The van der Waals surface area contributed by atoms with Crippen LogP contribution in [-0.4, -0.2) is 43.4 Å². The number of benzene rings is 1. The Hall–Kier alpha value is -4.01. The Kier molecular flexibility index (Phi) is 4.27. The van der Waals surface area contributed by atoms with E-state index in [9.17, 15) is 4.79 Å². The van der Waals surface area contributed by atoms with Crippen molar-refractivity contribution in [2.24, 2.45) is 0 Å². The van der Waals surface area contributed by atoms with E-state index in [0.29, 0.717) is 6.54 Å². The van der Waals surface area contributed by atoms with Crippen LogP contribution in [0, 0.1) is 0 Å². The van der Waals surface area contributed by atoms with Gasteiger partial charge in [0.15, 0.2) is 0 Å². The van der Waals surface area contributed by atoms with Crippen molar-refractivity contribution < 1.29 is 14.1 Å². The highest BCUT2D eigenvalue weighted by atomic mass is 16.6. The van der Waals surface area contributed by atoms with E-state index in [0.717, 1.165) is 52.4 Å². The number of aryl methyl sites for hydroxylation is 1. The molecule has 0 bridgehead atoms. The summed E-state index contributed by atoms with van der Waals surface area (Å²) in [4.78, 5) is 18.9. The molecule has 2 aliphatic rings. The molecule has 1 amide bonds. The maximum absolute atomic E-state index is 12.5. The van der Waals surface area contributed by atoms with Gasteiger partial charge in [-0.2, -0.15) is 0 Å². The number of rotatable bonds is 5. The number of anilines is 1. The molecule has 1 aromatic carbocycles. The Morgan fingerprint density at radius 3 is 2.78 bits per heavy atom. The first-order valence-electron chi connectivity index (χ1n) is 10.6. The maximum atomic E-state index is 12.5. The molecule has 1 fully saturated rings. The van der Waals surface area contributed by atoms with E-state index in [-0.39, 0.29) is 18.2 Å². The SMILES string of the molecule is CCc1cc(-c2ccc(-c3ccc4c(c3)C[C@H]3[C@H](Cn5ccnn5)OC(=O)N43)cn2)no1. The first kappa shape index (κ1) is 18.7. The van der Waals surface area contributed by atoms with Crippen LogP contribution < -0.4 is 4.90 Å². The van der Waals surface area contributed by atoms with Gasteiger partial charge in [-0.25, -0.2) is 9.48 Å². The standard InChI is InChI=1S/C23H20N6O3/c1-2-17-11-19(26-32-17)18-5-3-15(12-24-18)14-4-6-20-16(9-14)10-21-22(31-23(30)29(20)21)13-28-8-7-25-27-28/h3-9,11-12,21-22H,2,10,13H2,1H3/t21-,22-/m0/s1. The summed E-state index contributed by atoms with van der Waals surface area (Å²) >= 11 is 0. The lowest BCUT2D eigenvalue weighted by atomic mass is 10.0. The first-order valence-corrected chi connectivity index (χ1v) is 10.6. The average Bonchev–Trinajstić information content (AvgIpc) is 3.60. The van der Waals surface area contributed by atoms with Crippen LogP contribution in [0.5, 0.6) is 0 Å². The number of aromatic nitrogens is 5. The van der Waals surface area contributed by atoms with Crippen molar-refractivity contribution in [3.05, 3.63) is 66.3 Å². The van der Waals surface area contributed by atoms with Gasteiger partial charge in [0, 0.05) is 30.4 Å². The molecule has 0 radical (unpaired) electrons. The molecule has 5 heterocycles. The van der Waals surface area contributed by atoms with E-state index in [1.165, 1.54) is 0 Å². The fourth-order valence-corrected chi connectivity index (χ4v) is 4.44. The van der Waals surface area contributed by atoms with Crippen molar-refractivity contribution in [1.29, 1.82) is 0 Å².